The number of esters is 1. The highest BCUT2D eigenvalue weighted by atomic mass is 32.1. The molecule has 0 aliphatic carbocycles. The number of carbonyl (C=O) groups excluding carboxylic acids is 1. The van der Waals surface area contributed by atoms with Crippen molar-refractivity contribution in [1.29, 1.82) is 0 Å². The quantitative estimate of drug-likeness (QED) is 0.265. The summed E-state index contributed by atoms with van der Waals surface area (Å²) in [6.07, 6.45) is 0. The summed E-state index contributed by atoms with van der Waals surface area (Å²) in [6, 6.07) is 31.4. The molecule has 0 bridgehead atoms. The molecule has 1 atom stereocenters. The first-order valence-electron chi connectivity index (χ1n) is 10.6. The van der Waals surface area contributed by atoms with Crippen molar-refractivity contribution >= 4 is 22.9 Å². The molecule has 4 heteroatoms. The van der Waals surface area contributed by atoms with Crippen molar-refractivity contribution in [3.8, 4) is 11.1 Å². The van der Waals surface area contributed by atoms with Crippen molar-refractivity contribution in [1.82, 2.24) is 0 Å². The van der Waals surface area contributed by atoms with Crippen LogP contribution in [0.25, 0.3) is 16.7 Å². The van der Waals surface area contributed by atoms with Gasteiger partial charge in [-0.25, -0.2) is 4.79 Å². The van der Waals surface area contributed by atoms with E-state index in [1.54, 1.807) is 11.3 Å². The van der Waals surface area contributed by atoms with Crippen LogP contribution in [0.3, 0.4) is 0 Å². The highest BCUT2D eigenvalue weighted by Crippen LogP contribution is 2.37. The first-order valence-corrected chi connectivity index (χ1v) is 11.5. The Kier molecular flexibility index (Phi) is 6.95. The molecular weight excluding hydrogens is 414 g/mol. The lowest BCUT2D eigenvalue weighted by Gasteiger charge is -2.20. The number of benzene rings is 3. The maximum Gasteiger partial charge on any atom is 0.336 e. The van der Waals surface area contributed by atoms with Crippen LogP contribution in [0.15, 0.2) is 108 Å². The minimum atomic E-state index is -0.619. The Morgan fingerprint density at radius 2 is 1.38 bits per heavy atom. The predicted octanol–water partition coefficient (Wildman–Crippen LogP) is 6.48. The number of rotatable bonds is 7. The largest absolute Gasteiger partial charge is 0.463 e. The summed E-state index contributed by atoms with van der Waals surface area (Å²) in [5.41, 5.74) is 12.1. The topological polar surface area (TPSA) is 52.3 Å². The van der Waals surface area contributed by atoms with Crippen LogP contribution in [0, 0.1) is 0 Å². The Hall–Kier alpha value is -3.47. The number of carbonyl (C=O) groups is 1. The third-order valence-corrected chi connectivity index (χ3v) is 6.25. The number of ether oxygens (including phenoxy) is 1. The number of thiophene rings is 1. The lowest BCUT2D eigenvalue weighted by atomic mass is 9.89. The van der Waals surface area contributed by atoms with Crippen LogP contribution < -0.4 is 5.73 Å². The van der Waals surface area contributed by atoms with E-state index in [0.717, 1.165) is 32.7 Å². The van der Waals surface area contributed by atoms with Gasteiger partial charge in [0.1, 0.15) is 0 Å². The highest BCUT2D eigenvalue weighted by molar-refractivity contribution is 7.10. The Morgan fingerprint density at radius 3 is 1.91 bits per heavy atom. The summed E-state index contributed by atoms with van der Waals surface area (Å²) in [4.78, 5) is 14.2. The van der Waals surface area contributed by atoms with Crippen molar-refractivity contribution in [2.45, 2.75) is 13.0 Å². The van der Waals surface area contributed by atoms with E-state index >= 15 is 0 Å². The molecule has 0 spiro atoms. The van der Waals surface area contributed by atoms with E-state index in [2.05, 4.69) is 23.6 Å². The van der Waals surface area contributed by atoms with Gasteiger partial charge in [-0.1, -0.05) is 91.0 Å². The monoisotopic (exact) mass is 439 g/mol. The Morgan fingerprint density at radius 1 is 0.844 bits per heavy atom. The van der Waals surface area contributed by atoms with Crippen molar-refractivity contribution in [2.75, 3.05) is 6.61 Å². The van der Waals surface area contributed by atoms with Gasteiger partial charge >= 0.3 is 5.97 Å². The van der Waals surface area contributed by atoms with Crippen molar-refractivity contribution in [3.05, 3.63) is 124 Å². The molecule has 0 fully saturated rings. The number of nitrogens with two attached hydrogens (primary N) is 1. The molecule has 1 heterocycles. The molecule has 0 aliphatic rings. The minimum absolute atomic E-state index is 0.283. The van der Waals surface area contributed by atoms with Crippen LogP contribution in [-0.4, -0.2) is 12.6 Å². The van der Waals surface area contributed by atoms with Gasteiger partial charge in [0, 0.05) is 10.5 Å². The molecule has 160 valence electrons. The molecule has 1 unspecified atom stereocenters. The van der Waals surface area contributed by atoms with Crippen LogP contribution in [0.5, 0.6) is 0 Å². The zero-order valence-electron chi connectivity index (χ0n) is 17.9. The van der Waals surface area contributed by atoms with Crippen molar-refractivity contribution < 1.29 is 9.53 Å². The van der Waals surface area contributed by atoms with Gasteiger partial charge in [0.2, 0.25) is 0 Å². The zero-order chi connectivity index (χ0) is 22.3. The Balaban J connectivity index is 1.88. The smallest absolute Gasteiger partial charge is 0.336 e. The molecule has 4 rings (SSSR count). The second-order valence-electron chi connectivity index (χ2n) is 7.32. The van der Waals surface area contributed by atoms with Gasteiger partial charge in [-0.2, -0.15) is 0 Å². The van der Waals surface area contributed by atoms with Crippen LogP contribution in [0.1, 0.15) is 29.0 Å². The van der Waals surface area contributed by atoms with Gasteiger partial charge in [-0.3, -0.25) is 0 Å². The molecular formula is C28H25NO2S. The van der Waals surface area contributed by atoms with Gasteiger partial charge in [-0.05, 0) is 40.6 Å². The third kappa shape index (κ3) is 4.72. The van der Waals surface area contributed by atoms with Gasteiger partial charge in [0.15, 0.2) is 0 Å². The average Bonchev–Trinajstić information content (AvgIpc) is 3.34. The predicted molar refractivity (Wildman–Crippen MR) is 132 cm³/mol. The second kappa shape index (κ2) is 10.2. The van der Waals surface area contributed by atoms with Gasteiger partial charge in [-0.15, -0.1) is 11.3 Å². The molecule has 4 aromatic rings. The first kappa shape index (κ1) is 21.8. The Bertz CT molecular complexity index is 1160. The second-order valence-corrected chi connectivity index (χ2v) is 8.27. The fourth-order valence-electron chi connectivity index (χ4n) is 3.72. The summed E-state index contributed by atoms with van der Waals surface area (Å²) < 4.78 is 5.49. The third-order valence-electron chi connectivity index (χ3n) is 5.23. The van der Waals surface area contributed by atoms with Gasteiger partial charge in [0.25, 0.3) is 0 Å². The summed E-state index contributed by atoms with van der Waals surface area (Å²) in [7, 11) is 0. The maximum absolute atomic E-state index is 13.3. The summed E-state index contributed by atoms with van der Waals surface area (Å²) in [6.45, 7) is 2.09. The maximum atomic E-state index is 13.3. The van der Waals surface area contributed by atoms with Gasteiger partial charge in [0.05, 0.1) is 18.2 Å². The molecule has 0 saturated carbocycles. The van der Waals surface area contributed by atoms with E-state index in [9.17, 15) is 4.79 Å². The van der Waals surface area contributed by atoms with Crippen LogP contribution in [0.2, 0.25) is 0 Å². The number of hydrogen-bond donors (Lipinski definition) is 1. The molecule has 0 radical (unpaired) electrons. The summed E-state index contributed by atoms with van der Waals surface area (Å²) in [5.74, 6) is -0.391. The van der Waals surface area contributed by atoms with E-state index < -0.39 is 12.0 Å². The SMILES string of the molecule is CCOC(=O)C(=C(c1ccccc1)c1ccccc1)C(N)c1cc(-c2ccccc2)cs1. The fraction of sp³-hybridized carbons (Fsp3) is 0.107. The molecule has 1 aromatic heterocycles. The zero-order valence-corrected chi connectivity index (χ0v) is 18.7. The Labute approximate surface area is 192 Å². The van der Waals surface area contributed by atoms with Crippen LogP contribution >= 0.6 is 11.3 Å². The number of hydrogen-bond acceptors (Lipinski definition) is 4. The standard InChI is InChI=1S/C28H25NO2S/c1-2-31-28(30)26(25(21-14-8-4-9-15-21)22-16-10-5-11-17-22)27(29)24-18-23(19-32-24)20-12-6-3-7-13-20/h3-19,27H,2,29H2,1H3. The lowest BCUT2D eigenvalue weighted by Crippen LogP contribution is -2.22. The van der Waals surface area contributed by atoms with E-state index in [1.165, 1.54) is 0 Å². The molecule has 3 nitrogen and oxygen atoms in total. The summed E-state index contributed by atoms with van der Waals surface area (Å²) >= 11 is 1.56. The minimum Gasteiger partial charge on any atom is -0.463 e. The van der Waals surface area contributed by atoms with E-state index in [4.69, 9.17) is 10.5 Å². The van der Waals surface area contributed by atoms with E-state index in [0.29, 0.717) is 5.57 Å². The van der Waals surface area contributed by atoms with Crippen LogP contribution in [0.4, 0.5) is 0 Å². The highest BCUT2D eigenvalue weighted by Gasteiger charge is 2.27. The van der Waals surface area contributed by atoms with Crippen molar-refractivity contribution in [3.63, 3.8) is 0 Å². The van der Waals surface area contributed by atoms with Crippen LogP contribution in [-0.2, 0) is 9.53 Å². The first-order chi connectivity index (χ1) is 15.7. The molecule has 3 aromatic carbocycles. The average molecular weight is 440 g/mol. The molecule has 2 N–H and O–H groups in total. The lowest BCUT2D eigenvalue weighted by molar-refractivity contribution is -0.138. The normalized spacial score (nSPS) is 11.6. The van der Waals surface area contributed by atoms with E-state index in [-0.39, 0.29) is 6.61 Å². The van der Waals surface area contributed by atoms with Crippen molar-refractivity contribution in [2.24, 2.45) is 5.73 Å². The van der Waals surface area contributed by atoms with Gasteiger partial charge < -0.3 is 10.5 Å². The molecule has 0 amide bonds. The molecule has 32 heavy (non-hydrogen) atoms. The fourth-order valence-corrected chi connectivity index (χ4v) is 4.65. The molecule has 0 aliphatic heterocycles. The van der Waals surface area contributed by atoms with E-state index in [1.807, 2.05) is 85.8 Å². The summed E-state index contributed by atoms with van der Waals surface area (Å²) in [5, 5.41) is 2.08. The molecule has 0 saturated heterocycles.